The zero-order valence-electron chi connectivity index (χ0n) is 17.4. The summed E-state index contributed by atoms with van der Waals surface area (Å²) in [6.45, 7) is 5.38. The van der Waals surface area contributed by atoms with Crippen LogP contribution in [0.5, 0.6) is 5.75 Å². The molecule has 0 aromatic heterocycles. The van der Waals surface area contributed by atoms with Gasteiger partial charge >= 0.3 is 0 Å². The minimum atomic E-state index is 0.847. The SMILES string of the molecule is CCCCCCCCOc1ccc2c(c1)Cc1cc(CCCCC)ccc1-2. The fourth-order valence-corrected chi connectivity index (χ4v) is 4.14. The van der Waals surface area contributed by atoms with E-state index in [9.17, 15) is 0 Å². The molecule has 1 nitrogen and oxygen atoms in total. The molecule has 0 heterocycles. The van der Waals surface area contributed by atoms with E-state index in [0.717, 1.165) is 18.8 Å². The quantitative estimate of drug-likeness (QED) is 0.299. The predicted octanol–water partition coefficient (Wildman–Crippen LogP) is 7.73. The van der Waals surface area contributed by atoms with Gasteiger partial charge in [-0.2, -0.15) is 0 Å². The molecule has 1 heteroatoms. The van der Waals surface area contributed by atoms with Gasteiger partial charge in [-0.05, 0) is 65.6 Å². The minimum Gasteiger partial charge on any atom is -0.494 e. The molecule has 3 rings (SSSR count). The highest BCUT2D eigenvalue weighted by Crippen LogP contribution is 2.39. The van der Waals surface area contributed by atoms with Crippen LogP contribution in [-0.4, -0.2) is 6.61 Å². The van der Waals surface area contributed by atoms with Crippen LogP contribution in [0.3, 0.4) is 0 Å². The Morgan fingerprint density at radius 3 is 2.19 bits per heavy atom. The second kappa shape index (κ2) is 10.5. The molecule has 0 amide bonds. The number of unbranched alkanes of at least 4 members (excludes halogenated alkanes) is 7. The number of benzene rings is 2. The lowest BCUT2D eigenvalue weighted by molar-refractivity contribution is 0.304. The molecule has 0 bridgehead atoms. The Morgan fingerprint density at radius 2 is 1.37 bits per heavy atom. The van der Waals surface area contributed by atoms with Crippen molar-refractivity contribution in [2.45, 2.75) is 84.5 Å². The summed E-state index contributed by atoms with van der Waals surface area (Å²) in [6.07, 6.45) is 14.0. The molecular formula is C26H36O. The second-order valence-electron chi connectivity index (χ2n) is 8.06. The topological polar surface area (TPSA) is 9.23 Å². The van der Waals surface area contributed by atoms with Crippen molar-refractivity contribution in [2.75, 3.05) is 6.61 Å². The van der Waals surface area contributed by atoms with Crippen LogP contribution < -0.4 is 4.74 Å². The summed E-state index contributed by atoms with van der Waals surface area (Å²) in [5.74, 6) is 1.04. The lowest BCUT2D eigenvalue weighted by atomic mass is 10.0. The first kappa shape index (κ1) is 20.0. The molecule has 0 fully saturated rings. The van der Waals surface area contributed by atoms with Gasteiger partial charge in [0.1, 0.15) is 5.75 Å². The van der Waals surface area contributed by atoms with Crippen LogP contribution >= 0.6 is 0 Å². The average molecular weight is 365 g/mol. The number of fused-ring (bicyclic) bond motifs is 3. The largest absolute Gasteiger partial charge is 0.494 e. The first-order valence-electron chi connectivity index (χ1n) is 11.2. The van der Waals surface area contributed by atoms with Gasteiger partial charge in [-0.15, -0.1) is 0 Å². The maximum atomic E-state index is 6.03. The molecule has 146 valence electrons. The van der Waals surface area contributed by atoms with Crippen molar-refractivity contribution in [3.05, 3.63) is 53.1 Å². The monoisotopic (exact) mass is 364 g/mol. The van der Waals surface area contributed by atoms with E-state index in [1.54, 1.807) is 0 Å². The molecule has 0 saturated carbocycles. The second-order valence-corrected chi connectivity index (χ2v) is 8.06. The van der Waals surface area contributed by atoms with E-state index in [-0.39, 0.29) is 0 Å². The van der Waals surface area contributed by atoms with Gasteiger partial charge in [0.2, 0.25) is 0 Å². The van der Waals surface area contributed by atoms with Gasteiger partial charge in [0.05, 0.1) is 6.61 Å². The Hall–Kier alpha value is -1.76. The van der Waals surface area contributed by atoms with E-state index in [4.69, 9.17) is 4.74 Å². The van der Waals surface area contributed by atoms with Crippen molar-refractivity contribution < 1.29 is 4.74 Å². The summed E-state index contributed by atoms with van der Waals surface area (Å²) in [5, 5.41) is 0. The fourth-order valence-electron chi connectivity index (χ4n) is 4.14. The van der Waals surface area contributed by atoms with E-state index >= 15 is 0 Å². The molecule has 0 saturated heterocycles. The first-order valence-corrected chi connectivity index (χ1v) is 11.2. The Bertz CT molecular complexity index is 716. The number of hydrogen-bond donors (Lipinski definition) is 0. The first-order chi connectivity index (χ1) is 13.3. The number of hydrogen-bond acceptors (Lipinski definition) is 1. The summed E-state index contributed by atoms with van der Waals surface area (Å²) >= 11 is 0. The molecule has 1 aliphatic rings. The van der Waals surface area contributed by atoms with Gasteiger partial charge in [0.15, 0.2) is 0 Å². The summed E-state index contributed by atoms with van der Waals surface area (Å²) in [4.78, 5) is 0. The van der Waals surface area contributed by atoms with Gasteiger partial charge in [0, 0.05) is 0 Å². The highest BCUT2D eigenvalue weighted by Gasteiger charge is 2.19. The molecule has 1 aliphatic carbocycles. The Morgan fingerprint density at radius 1 is 0.704 bits per heavy atom. The van der Waals surface area contributed by atoms with Crippen molar-refractivity contribution in [1.29, 1.82) is 0 Å². The lowest BCUT2D eigenvalue weighted by Gasteiger charge is -2.08. The van der Waals surface area contributed by atoms with E-state index < -0.39 is 0 Å². The number of aryl methyl sites for hydroxylation is 1. The fraction of sp³-hybridized carbons (Fsp3) is 0.538. The third kappa shape index (κ3) is 5.61. The zero-order valence-corrected chi connectivity index (χ0v) is 17.4. The van der Waals surface area contributed by atoms with Crippen LogP contribution in [0.25, 0.3) is 11.1 Å². The number of rotatable bonds is 12. The maximum Gasteiger partial charge on any atom is 0.119 e. The molecule has 0 radical (unpaired) electrons. The third-order valence-corrected chi connectivity index (χ3v) is 5.75. The Labute approximate surface area is 166 Å². The van der Waals surface area contributed by atoms with Gasteiger partial charge in [-0.25, -0.2) is 0 Å². The predicted molar refractivity (Wildman–Crippen MR) is 117 cm³/mol. The highest BCUT2D eigenvalue weighted by atomic mass is 16.5. The minimum absolute atomic E-state index is 0.847. The van der Waals surface area contributed by atoms with Crippen LogP contribution in [0.2, 0.25) is 0 Å². The number of ether oxygens (including phenoxy) is 1. The molecule has 0 spiro atoms. The molecule has 2 aromatic carbocycles. The van der Waals surface area contributed by atoms with Crippen LogP contribution in [0.15, 0.2) is 36.4 Å². The third-order valence-electron chi connectivity index (χ3n) is 5.75. The summed E-state index contributed by atoms with van der Waals surface area (Å²) in [5.41, 5.74) is 7.24. The van der Waals surface area contributed by atoms with Gasteiger partial charge in [-0.1, -0.05) is 83.1 Å². The van der Waals surface area contributed by atoms with E-state index in [1.807, 2.05) is 0 Å². The van der Waals surface area contributed by atoms with Crippen molar-refractivity contribution in [3.63, 3.8) is 0 Å². The van der Waals surface area contributed by atoms with E-state index in [2.05, 4.69) is 50.2 Å². The smallest absolute Gasteiger partial charge is 0.119 e. The van der Waals surface area contributed by atoms with Crippen molar-refractivity contribution in [2.24, 2.45) is 0 Å². The average Bonchev–Trinajstić information content (AvgIpc) is 3.04. The van der Waals surface area contributed by atoms with Crippen molar-refractivity contribution in [1.82, 2.24) is 0 Å². The molecule has 0 unspecified atom stereocenters. The maximum absolute atomic E-state index is 6.03. The van der Waals surface area contributed by atoms with Crippen LogP contribution in [0.4, 0.5) is 0 Å². The van der Waals surface area contributed by atoms with Gasteiger partial charge < -0.3 is 4.74 Å². The van der Waals surface area contributed by atoms with Crippen LogP contribution in [0, 0.1) is 0 Å². The summed E-state index contributed by atoms with van der Waals surface area (Å²) in [7, 11) is 0. The van der Waals surface area contributed by atoms with Gasteiger partial charge in [-0.3, -0.25) is 0 Å². The molecule has 27 heavy (non-hydrogen) atoms. The molecular weight excluding hydrogens is 328 g/mol. The highest BCUT2D eigenvalue weighted by molar-refractivity contribution is 5.77. The van der Waals surface area contributed by atoms with E-state index in [1.165, 1.54) is 92.0 Å². The molecule has 0 N–H and O–H groups in total. The normalized spacial score (nSPS) is 12.1. The lowest BCUT2D eigenvalue weighted by Crippen LogP contribution is -1.97. The standard InChI is InChI=1S/C26H36O/c1-3-5-7-8-9-11-17-27-24-14-16-26-23(20-24)19-22-18-21(12-10-6-4-2)13-15-25(22)26/h13-16,18,20H,3-12,17,19H2,1-2H3. The summed E-state index contributed by atoms with van der Waals surface area (Å²) < 4.78 is 6.03. The molecule has 2 aromatic rings. The Balaban J connectivity index is 1.52. The van der Waals surface area contributed by atoms with Crippen molar-refractivity contribution in [3.8, 4) is 16.9 Å². The Kier molecular flexibility index (Phi) is 7.80. The van der Waals surface area contributed by atoms with E-state index in [0.29, 0.717) is 0 Å². The zero-order chi connectivity index (χ0) is 18.9. The van der Waals surface area contributed by atoms with Crippen LogP contribution in [-0.2, 0) is 12.8 Å². The van der Waals surface area contributed by atoms with Gasteiger partial charge in [0.25, 0.3) is 0 Å². The summed E-state index contributed by atoms with van der Waals surface area (Å²) in [6, 6.07) is 13.8. The van der Waals surface area contributed by atoms with Crippen LogP contribution in [0.1, 0.15) is 88.3 Å². The molecule has 0 atom stereocenters. The molecule has 0 aliphatic heterocycles. The van der Waals surface area contributed by atoms with Crippen molar-refractivity contribution >= 4 is 0 Å².